The largest absolute Gasteiger partial charge is 0.325 e. The Kier molecular flexibility index (Phi) is 5.23. The molecule has 1 aliphatic heterocycles. The summed E-state index contributed by atoms with van der Waals surface area (Å²) in [7, 11) is 0. The molecule has 4 amide bonds. The lowest BCUT2D eigenvalue weighted by atomic mass is 10.1. The number of hydrazone groups is 1. The number of hydrogen-bond acceptors (Lipinski definition) is 4. The first-order valence-electron chi connectivity index (χ1n) is 7.44. The van der Waals surface area contributed by atoms with Crippen LogP contribution in [-0.2, 0) is 9.59 Å². The van der Waals surface area contributed by atoms with Gasteiger partial charge in [0.25, 0.3) is 5.91 Å². The second-order valence-electron chi connectivity index (χ2n) is 6.00. The van der Waals surface area contributed by atoms with E-state index in [0.29, 0.717) is 10.7 Å². The van der Waals surface area contributed by atoms with Crippen LogP contribution in [0.1, 0.15) is 32.8 Å². The van der Waals surface area contributed by atoms with Gasteiger partial charge in [0.2, 0.25) is 5.91 Å². The van der Waals surface area contributed by atoms with Gasteiger partial charge in [-0.25, -0.2) is 10.2 Å². The molecule has 2 rings (SSSR count). The number of hydrogen-bond donors (Lipinski definition) is 2. The molecule has 0 unspecified atom stereocenters. The summed E-state index contributed by atoms with van der Waals surface area (Å²) in [5, 5.41) is 7.14. The van der Waals surface area contributed by atoms with Gasteiger partial charge in [0.15, 0.2) is 0 Å². The summed E-state index contributed by atoms with van der Waals surface area (Å²) in [5.41, 5.74) is 2.86. The molecule has 1 aromatic carbocycles. The van der Waals surface area contributed by atoms with Gasteiger partial charge in [-0.3, -0.25) is 14.5 Å². The lowest BCUT2D eigenvalue weighted by molar-refractivity contribution is -0.130. The van der Waals surface area contributed by atoms with E-state index in [4.69, 9.17) is 11.6 Å². The van der Waals surface area contributed by atoms with E-state index < -0.39 is 11.6 Å². The normalized spacial score (nSPS) is 17.0. The molecule has 8 heteroatoms. The fourth-order valence-electron chi connectivity index (χ4n) is 2.21. The Morgan fingerprint density at radius 2 is 2.08 bits per heavy atom. The zero-order valence-electron chi connectivity index (χ0n) is 13.7. The number of halogens is 1. The lowest BCUT2D eigenvalue weighted by Crippen LogP contribution is -2.40. The number of nitrogens with one attached hydrogen (secondary N) is 2. The minimum Gasteiger partial charge on any atom is -0.324 e. The second kappa shape index (κ2) is 7.00. The van der Waals surface area contributed by atoms with Crippen LogP contribution in [0.2, 0.25) is 5.02 Å². The van der Waals surface area contributed by atoms with Gasteiger partial charge in [-0.05, 0) is 38.5 Å². The third-order valence-corrected chi connectivity index (χ3v) is 3.83. The van der Waals surface area contributed by atoms with E-state index in [2.05, 4.69) is 15.8 Å². The maximum atomic E-state index is 12.0. The SMILES string of the molecule is C/C(=N/NC(=O)CCN1C(=O)NC(C)(C)C1=O)c1cccc(Cl)c1. The van der Waals surface area contributed by atoms with Crippen molar-refractivity contribution >= 4 is 35.2 Å². The van der Waals surface area contributed by atoms with Crippen LogP contribution < -0.4 is 10.7 Å². The Balaban J connectivity index is 1.89. The summed E-state index contributed by atoms with van der Waals surface area (Å²) in [6, 6.07) is 6.61. The van der Waals surface area contributed by atoms with E-state index in [1.807, 2.05) is 6.07 Å². The molecule has 0 spiro atoms. The minimum absolute atomic E-state index is 0.00562. The highest BCUT2D eigenvalue weighted by Crippen LogP contribution is 2.16. The molecule has 0 aliphatic carbocycles. The monoisotopic (exact) mass is 350 g/mol. The van der Waals surface area contributed by atoms with Crippen molar-refractivity contribution in [3.63, 3.8) is 0 Å². The zero-order valence-corrected chi connectivity index (χ0v) is 14.5. The van der Waals surface area contributed by atoms with E-state index >= 15 is 0 Å². The van der Waals surface area contributed by atoms with Gasteiger partial charge < -0.3 is 5.32 Å². The predicted molar refractivity (Wildman–Crippen MR) is 90.7 cm³/mol. The number of benzene rings is 1. The Morgan fingerprint density at radius 1 is 1.38 bits per heavy atom. The summed E-state index contributed by atoms with van der Waals surface area (Å²) in [6.45, 7) is 4.98. The first-order chi connectivity index (χ1) is 11.2. The van der Waals surface area contributed by atoms with Crippen molar-refractivity contribution in [2.24, 2.45) is 5.10 Å². The van der Waals surface area contributed by atoms with Crippen LogP contribution in [0.4, 0.5) is 4.79 Å². The summed E-state index contributed by atoms with van der Waals surface area (Å²) in [6.07, 6.45) is -0.0262. The molecule has 1 aromatic rings. The summed E-state index contributed by atoms with van der Waals surface area (Å²) >= 11 is 5.91. The average Bonchev–Trinajstić information content (AvgIpc) is 2.71. The quantitative estimate of drug-likeness (QED) is 0.482. The predicted octanol–water partition coefficient (Wildman–Crippen LogP) is 1.90. The smallest absolute Gasteiger partial charge is 0.324 e. The van der Waals surface area contributed by atoms with E-state index in [9.17, 15) is 14.4 Å². The Hall–Kier alpha value is -2.41. The molecule has 1 saturated heterocycles. The van der Waals surface area contributed by atoms with Crippen LogP contribution >= 0.6 is 11.6 Å². The Bertz CT molecular complexity index is 715. The van der Waals surface area contributed by atoms with Crippen molar-refractivity contribution in [1.82, 2.24) is 15.6 Å². The van der Waals surface area contributed by atoms with E-state index in [0.717, 1.165) is 10.5 Å². The Labute approximate surface area is 145 Å². The van der Waals surface area contributed by atoms with Crippen molar-refractivity contribution in [2.45, 2.75) is 32.7 Å². The van der Waals surface area contributed by atoms with Gasteiger partial charge in [-0.2, -0.15) is 5.10 Å². The molecule has 0 aromatic heterocycles. The van der Waals surface area contributed by atoms with Crippen molar-refractivity contribution in [3.05, 3.63) is 34.9 Å². The third kappa shape index (κ3) is 4.11. The highest BCUT2D eigenvalue weighted by atomic mass is 35.5. The van der Waals surface area contributed by atoms with Gasteiger partial charge >= 0.3 is 6.03 Å². The molecule has 24 heavy (non-hydrogen) atoms. The molecule has 7 nitrogen and oxygen atoms in total. The van der Waals surface area contributed by atoms with Crippen LogP contribution in [0.5, 0.6) is 0 Å². The van der Waals surface area contributed by atoms with Crippen LogP contribution in [-0.4, -0.2) is 40.5 Å². The van der Waals surface area contributed by atoms with Gasteiger partial charge in [0.05, 0.1) is 5.71 Å². The number of carbonyl (C=O) groups excluding carboxylic acids is 3. The molecular formula is C16H19ClN4O3. The third-order valence-electron chi connectivity index (χ3n) is 3.60. The summed E-state index contributed by atoms with van der Waals surface area (Å²) < 4.78 is 0. The van der Waals surface area contributed by atoms with Crippen molar-refractivity contribution in [1.29, 1.82) is 0 Å². The maximum Gasteiger partial charge on any atom is 0.325 e. The number of amides is 4. The molecule has 0 atom stereocenters. The molecule has 1 fully saturated rings. The van der Waals surface area contributed by atoms with Crippen molar-refractivity contribution in [2.75, 3.05) is 6.54 Å². The zero-order chi connectivity index (χ0) is 17.9. The standard InChI is InChI=1S/C16H19ClN4O3/c1-10(11-5-4-6-12(17)9-11)19-20-13(22)7-8-21-14(23)16(2,3)18-15(21)24/h4-6,9H,7-8H2,1-3H3,(H,18,24)(H,20,22)/b19-10-. The van der Waals surface area contributed by atoms with Crippen molar-refractivity contribution < 1.29 is 14.4 Å². The Morgan fingerprint density at radius 3 is 2.67 bits per heavy atom. The molecule has 1 aliphatic rings. The number of imide groups is 1. The lowest BCUT2D eigenvalue weighted by Gasteiger charge is -2.15. The topological polar surface area (TPSA) is 90.9 Å². The van der Waals surface area contributed by atoms with Crippen LogP contribution in [0, 0.1) is 0 Å². The number of rotatable bonds is 5. The van der Waals surface area contributed by atoms with E-state index in [1.54, 1.807) is 39.0 Å². The molecule has 1 heterocycles. The van der Waals surface area contributed by atoms with Gasteiger partial charge in [-0.1, -0.05) is 23.7 Å². The minimum atomic E-state index is -0.936. The van der Waals surface area contributed by atoms with Crippen LogP contribution in [0.25, 0.3) is 0 Å². The maximum absolute atomic E-state index is 12.0. The first-order valence-corrected chi connectivity index (χ1v) is 7.81. The molecule has 0 bridgehead atoms. The molecule has 0 radical (unpaired) electrons. The van der Waals surface area contributed by atoms with Gasteiger partial charge in [0.1, 0.15) is 5.54 Å². The molecular weight excluding hydrogens is 332 g/mol. The van der Waals surface area contributed by atoms with Crippen molar-refractivity contribution in [3.8, 4) is 0 Å². The second-order valence-corrected chi connectivity index (χ2v) is 6.44. The van der Waals surface area contributed by atoms with Crippen LogP contribution in [0.3, 0.4) is 0 Å². The summed E-state index contributed by atoms with van der Waals surface area (Å²) in [4.78, 5) is 36.6. The first kappa shape index (κ1) is 17.9. The molecule has 0 saturated carbocycles. The summed E-state index contributed by atoms with van der Waals surface area (Å²) in [5.74, 6) is -0.736. The van der Waals surface area contributed by atoms with E-state index in [-0.39, 0.29) is 24.8 Å². The number of carbonyl (C=O) groups is 3. The number of nitrogens with zero attached hydrogens (tertiary/aromatic N) is 2. The number of urea groups is 1. The fraction of sp³-hybridized carbons (Fsp3) is 0.375. The molecule has 2 N–H and O–H groups in total. The molecule has 128 valence electrons. The van der Waals surface area contributed by atoms with Gasteiger partial charge in [0, 0.05) is 18.0 Å². The van der Waals surface area contributed by atoms with E-state index in [1.165, 1.54) is 0 Å². The highest BCUT2D eigenvalue weighted by molar-refractivity contribution is 6.31. The fourth-order valence-corrected chi connectivity index (χ4v) is 2.40. The highest BCUT2D eigenvalue weighted by Gasteiger charge is 2.43. The van der Waals surface area contributed by atoms with Crippen LogP contribution in [0.15, 0.2) is 29.4 Å². The van der Waals surface area contributed by atoms with Gasteiger partial charge in [-0.15, -0.1) is 0 Å². The average molecular weight is 351 g/mol.